The van der Waals surface area contributed by atoms with Gasteiger partial charge in [0.25, 0.3) is 0 Å². The average Bonchev–Trinajstić information content (AvgIpc) is 2.47. The Balaban J connectivity index is 2.19. The van der Waals surface area contributed by atoms with Crippen molar-refractivity contribution in [2.75, 3.05) is 4.90 Å². The number of aryl methyl sites for hydroxylation is 1. The quantitative estimate of drug-likeness (QED) is 0.585. The molecule has 24 heavy (non-hydrogen) atoms. The van der Waals surface area contributed by atoms with Crippen LogP contribution in [-0.4, -0.2) is 11.9 Å². The van der Waals surface area contributed by atoms with Crippen molar-refractivity contribution in [2.24, 2.45) is 0 Å². The molecule has 0 fully saturated rings. The fourth-order valence-corrected chi connectivity index (χ4v) is 2.50. The van der Waals surface area contributed by atoms with Crippen molar-refractivity contribution < 1.29 is 27.8 Å². The van der Waals surface area contributed by atoms with Crippen LogP contribution < -0.4 is 14.4 Å². The molecule has 3 rings (SSSR count). The van der Waals surface area contributed by atoms with Gasteiger partial charge in [-0.05, 0) is 18.6 Å². The molecule has 1 heterocycles. The summed E-state index contributed by atoms with van der Waals surface area (Å²) < 4.78 is 38.5. The molecular formula is C17H13F2NO4. The largest absolute Gasteiger partial charge is 0.453 e. The first-order chi connectivity index (χ1) is 11.3. The van der Waals surface area contributed by atoms with Gasteiger partial charge in [0.05, 0.1) is 11.4 Å². The lowest BCUT2D eigenvalue weighted by Gasteiger charge is -2.31. The number of nitrogens with zero attached hydrogens (tertiary/aromatic N) is 1. The van der Waals surface area contributed by atoms with Crippen LogP contribution in [0.15, 0.2) is 24.3 Å². The summed E-state index contributed by atoms with van der Waals surface area (Å²) in [5.74, 6) is -2.42. The molecule has 0 radical (unpaired) electrons. The maximum atomic E-state index is 14.1. The van der Waals surface area contributed by atoms with Crippen molar-refractivity contribution in [1.82, 2.24) is 0 Å². The Morgan fingerprint density at radius 2 is 1.58 bits per heavy atom. The van der Waals surface area contributed by atoms with E-state index in [1.54, 1.807) is 6.92 Å². The Kier molecular flexibility index (Phi) is 3.71. The third kappa shape index (κ3) is 2.58. The number of anilines is 2. The van der Waals surface area contributed by atoms with Gasteiger partial charge in [-0.3, -0.25) is 14.5 Å². The molecule has 1 aliphatic heterocycles. The van der Waals surface area contributed by atoms with E-state index in [4.69, 9.17) is 9.47 Å². The Hall–Kier alpha value is -2.96. The summed E-state index contributed by atoms with van der Waals surface area (Å²) in [6.07, 6.45) is 0. The Labute approximate surface area is 136 Å². The predicted molar refractivity (Wildman–Crippen MR) is 81.7 cm³/mol. The van der Waals surface area contributed by atoms with Crippen LogP contribution in [0.25, 0.3) is 0 Å². The van der Waals surface area contributed by atoms with Gasteiger partial charge in [0.1, 0.15) is 5.82 Å². The van der Waals surface area contributed by atoms with E-state index in [2.05, 4.69) is 0 Å². The summed E-state index contributed by atoms with van der Waals surface area (Å²) in [5, 5.41) is 0. The Bertz CT molecular complexity index is 879. The number of carbonyl (C=O) groups excluding carboxylic acids is 2. The molecule has 0 aliphatic carbocycles. The van der Waals surface area contributed by atoms with Crippen molar-refractivity contribution in [3.05, 3.63) is 41.5 Å². The molecule has 0 atom stereocenters. The van der Waals surface area contributed by atoms with Crippen LogP contribution in [0.1, 0.15) is 19.4 Å². The van der Waals surface area contributed by atoms with E-state index in [0.29, 0.717) is 5.56 Å². The molecule has 0 spiro atoms. The van der Waals surface area contributed by atoms with Crippen LogP contribution in [0.3, 0.4) is 0 Å². The average molecular weight is 333 g/mol. The normalized spacial score (nSPS) is 12.1. The highest BCUT2D eigenvalue weighted by Gasteiger charge is 2.30. The van der Waals surface area contributed by atoms with Gasteiger partial charge in [-0.2, -0.15) is 0 Å². The monoisotopic (exact) mass is 333 g/mol. The number of rotatable bonds is 1. The first-order valence-electron chi connectivity index (χ1n) is 7.08. The first-order valence-corrected chi connectivity index (χ1v) is 7.08. The third-order valence-electron chi connectivity index (χ3n) is 3.52. The number of hydrogen-bond donors (Lipinski definition) is 0. The van der Waals surface area contributed by atoms with Crippen molar-refractivity contribution in [3.8, 4) is 17.2 Å². The molecule has 2 aromatic carbocycles. The third-order valence-corrected chi connectivity index (χ3v) is 3.52. The lowest BCUT2D eigenvalue weighted by atomic mass is 10.1. The molecular weight excluding hydrogens is 320 g/mol. The minimum atomic E-state index is -0.838. The summed E-state index contributed by atoms with van der Waals surface area (Å²) in [7, 11) is 0. The zero-order valence-corrected chi connectivity index (χ0v) is 13.1. The highest BCUT2D eigenvalue weighted by molar-refractivity contribution is 6.03. The first kappa shape index (κ1) is 15.9. The number of carbonyl (C=O) groups is 2. The number of hydrogen-bond acceptors (Lipinski definition) is 4. The molecule has 1 aliphatic rings. The lowest BCUT2D eigenvalue weighted by Crippen LogP contribution is -2.26. The second-order valence-corrected chi connectivity index (χ2v) is 5.37. The van der Waals surface area contributed by atoms with E-state index in [1.807, 2.05) is 0 Å². The molecule has 5 nitrogen and oxygen atoms in total. The maximum absolute atomic E-state index is 14.1. The topological polar surface area (TPSA) is 55.8 Å². The molecule has 124 valence electrons. The summed E-state index contributed by atoms with van der Waals surface area (Å²) in [6, 6.07) is 4.80. The fraction of sp³-hybridized carbons (Fsp3) is 0.176. The predicted octanol–water partition coefficient (Wildman–Crippen LogP) is 3.99. The lowest BCUT2D eigenvalue weighted by molar-refractivity contribution is -0.132. The molecule has 2 aromatic rings. The van der Waals surface area contributed by atoms with E-state index in [-0.39, 0.29) is 28.6 Å². The van der Waals surface area contributed by atoms with Crippen molar-refractivity contribution >= 4 is 23.3 Å². The number of amides is 1. The summed E-state index contributed by atoms with van der Waals surface area (Å²) >= 11 is 0. The second-order valence-electron chi connectivity index (χ2n) is 5.37. The molecule has 0 bridgehead atoms. The fourth-order valence-electron chi connectivity index (χ4n) is 2.50. The van der Waals surface area contributed by atoms with Gasteiger partial charge in [0, 0.05) is 32.0 Å². The molecule has 0 saturated carbocycles. The number of ether oxygens (including phenoxy) is 2. The van der Waals surface area contributed by atoms with Gasteiger partial charge in [0.15, 0.2) is 23.1 Å². The van der Waals surface area contributed by atoms with Gasteiger partial charge in [0.2, 0.25) is 5.91 Å². The van der Waals surface area contributed by atoms with Crippen LogP contribution in [0, 0.1) is 18.6 Å². The van der Waals surface area contributed by atoms with E-state index in [0.717, 1.165) is 24.0 Å². The van der Waals surface area contributed by atoms with Gasteiger partial charge < -0.3 is 9.47 Å². The molecule has 7 heteroatoms. The minimum absolute atomic E-state index is 0.103. The summed E-state index contributed by atoms with van der Waals surface area (Å²) in [4.78, 5) is 24.2. The summed E-state index contributed by atoms with van der Waals surface area (Å²) in [5.41, 5.74) is 0.618. The van der Waals surface area contributed by atoms with Crippen LogP contribution in [-0.2, 0) is 9.59 Å². The number of esters is 1. The standard InChI is InChI=1S/C17H13F2NO4/c1-8-4-16-13(5-11(8)18)20(9(2)21)14-6-12(19)15(23-10(3)22)7-17(14)24-16/h4-7H,1-3H3. The molecule has 0 unspecified atom stereocenters. The van der Waals surface area contributed by atoms with Crippen molar-refractivity contribution in [2.45, 2.75) is 20.8 Å². The number of benzene rings is 2. The van der Waals surface area contributed by atoms with Crippen LogP contribution in [0.4, 0.5) is 20.2 Å². The van der Waals surface area contributed by atoms with E-state index < -0.39 is 23.5 Å². The van der Waals surface area contributed by atoms with E-state index in [1.165, 1.54) is 19.1 Å². The van der Waals surface area contributed by atoms with Crippen LogP contribution in [0.2, 0.25) is 0 Å². The second kappa shape index (κ2) is 5.59. The van der Waals surface area contributed by atoms with Crippen molar-refractivity contribution in [3.63, 3.8) is 0 Å². The minimum Gasteiger partial charge on any atom is -0.453 e. The van der Waals surface area contributed by atoms with Crippen LogP contribution >= 0.6 is 0 Å². The van der Waals surface area contributed by atoms with Gasteiger partial charge in [-0.15, -0.1) is 0 Å². The number of halogens is 2. The van der Waals surface area contributed by atoms with E-state index >= 15 is 0 Å². The molecule has 0 aromatic heterocycles. The SMILES string of the molecule is CC(=O)Oc1cc2c(cc1F)N(C(C)=O)c1cc(F)c(C)cc1O2. The Morgan fingerprint density at radius 3 is 2.17 bits per heavy atom. The van der Waals surface area contributed by atoms with E-state index in [9.17, 15) is 18.4 Å². The number of fused-ring (bicyclic) bond motifs is 2. The molecule has 0 N–H and O–H groups in total. The molecule has 1 amide bonds. The zero-order chi connectivity index (χ0) is 17.6. The molecule has 0 saturated heterocycles. The van der Waals surface area contributed by atoms with Crippen LogP contribution in [0.5, 0.6) is 17.2 Å². The maximum Gasteiger partial charge on any atom is 0.308 e. The Morgan fingerprint density at radius 1 is 1.00 bits per heavy atom. The summed E-state index contributed by atoms with van der Waals surface area (Å²) in [6.45, 7) is 3.97. The highest BCUT2D eigenvalue weighted by atomic mass is 19.1. The highest BCUT2D eigenvalue weighted by Crippen LogP contribution is 2.49. The van der Waals surface area contributed by atoms with Gasteiger partial charge >= 0.3 is 5.97 Å². The van der Waals surface area contributed by atoms with Crippen molar-refractivity contribution in [1.29, 1.82) is 0 Å². The zero-order valence-electron chi connectivity index (χ0n) is 13.1. The smallest absolute Gasteiger partial charge is 0.308 e. The van der Waals surface area contributed by atoms with Gasteiger partial charge in [-0.1, -0.05) is 0 Å². The van der Waals surface area contributed by atoms with Gasteiger partial charge in [-0.25, -0.2) is 8.78 Å².